The van der Waals surface area contributed by atoms with Crippen LogP contribution >= 0.6 is 22.7 Å². The van der Waals surface area contributed by atoms with E-state index in [1.807, 2.05) is 35.7 Å². The van der Waals surface area contributed by atoms with Gasteiger partial charge >= 0.3 is 0 Å². The van der Waals surface area contributed by atoms with E-state index in [-0.39, 0.29) is 5.41 Å². The Morgan fingerprint density at radius 1 is 0.383 bits per heavy atom. The van der Waals surface area contributed by atoms with Crippen LogP contribution in [0, 0.1) is 0 Å². The van der Waals surface area contributed by atoms with E-state index in [9.17, 15) is 0 Å². The summed E-state index contributed by atoms with van der Waals surface area (Å²) in [5.74, 6) is 2.71. The number of fused-ring (bicyclic) bond motifs is 15. The molecule has 3 aliphatic rings. The van der Waals surface area contributed by atoms with E-state index in [0.29, 0.717) is 17.6 Å². The van der Waals surface area contributed by atoms with Gasteiger partial charge in [0.25, 0.3) is 0 Å². The summed E-state index contributed by atoms with van der Waals surface area (Å²) < 4.78 is 4.92. The van der Waals surface area contributed by atoms with Gasteiger partial charge in [-0.3, -0.25) is 9.80 Å². The van der Waals surface area contributed by atoms with Crippen LogP contribution in [-0.4, -0.2) is 24.9 Å². The summed E-state index contributed by atoms with van der Waals surface area (Å²) in [6.07, 6.45) is 2.00. The first-order chi connectivity index (χ1) is 39.9. The van der Waals surface area contributed by atoms with Crippen molar-refractivity contribution in [3.05, 3.63) is 236 Å². The minimum absolute atomic E-state index is 0.122. The summed E-state index contributed by atoms with van der Waals surface area (Å²) >= 11 is 3.66. The molecule has 15 aromatic rings. The van der Waals surface area contributed by atoms with Crippen molar-refractivity contribution in [1.82, 2.24) is 24.9 Å². The van der Waals surface area contributed by atoms with Gasteiger partial charge in [-0.1, -0.05) is 178 Å². The second-order valence-electron chi connectivity index (χ2n) is 21.9. The molecule has 81 heavy (non-hydrogen) atoms. The smallest absolute Gasteiger partial charge is 0.238 e. The molecule has 0 bridgehead atoms. The molecule has 0 N–H and O–H groups in total. The van der Waals surface area contributed by atoms with E-state index in [2.05, 4.69) is 224 Å². The lowest BCUT2D eigenvalue weighted by Gasteiger charge is -2.33. The average molecular weight is 1070 g/mol. The van der Waals surface area contributed by atoms with Crippen LogP contribution in [0.4, 0.5) is 34.5 Å². The molecule has 0 unspecified atom stereocenters. The van der Waals surface area contributed by atoms with Gasteiger partial charge in [-0.25, -0.2) is 15.0 Å². The van der Waals surface area contributed by atoms with E-state index in [0.717, 1.165) is 73.0 Å². The molecule has 378 valence electrons. The average Bonchev–Trinajstić information content (AvgIpc) is 4.38. The maximum Gasteiger partial charge on any atom is 0.238 e. The Kier molecular flexibility index (Phi) is 9.20. The van der Waals surface area contributed by atoms with Crippen molar-refractivity contribution in [3.63, 3.8) is 0 Å². The maximum atomic E-state index is 5.47. The van der Waals surface area contributed by atoms with Crippen LogP contribution in [0.5, 0.6) is 0 Å². The molecule has 7 heterocycles. The van der Waals surface area contributed by atoms with Gasteiger partial charge in [0.15, 0.2) is 11.6 Å². The monoisotopic (exact) mass is 1070 g/mol. The number of pyridine rings is 2. The Hall–Kier alpha value is -9.93. The Morgan fingerprint density at radius 3 is 1.89 bits per heavy atom. The fraction of sp³-hybridized carbons (Fsp3) is 0.0417. The summed E-state index contributed by atoms with van der Waals surface area (Å²) in [7, 11) is 0. The van der Waals surface area contributed by atoms with Crippen molar-refractivity contribution < 1.29 is 0 Å². The number of anilines is 6. The van der Waals surface area contributed by atoms with Crippen LogP contribution in [0.3, 0.4) is 0 Å². The summed E-state index contributed by atoms with van der Waals surface area (Å²) in [5.41, 5.74) is 19.0. The quantitative estimate of drug-likeness (QED) is 0.170. The number of hydrogen-bond acceptors (Lipinski definition) is 9. The maximum absolute atomic E-state index is 5.47. The molecule has 0 atom stereocenters. The van der Waals surface area contributed by atoms with E-state index in [1.165, 1.54) is 84.5 Å². The van der Waals surface area contributed by atoms with Crippen molar-refractivity contribution in [3.8, 4) is 67.4 Å². The number of rotatable bonds is 5. The van der Waals surface area contributed by atoms with Gasteiger partial charge in [-0.15, -0.1) is 22.7 Å². The molecular formula is C72H43N7S2. The third kappa shape index (κ3) is 6.35. The molecule has 0 amide bonds. The molecule has 0 radical (unpaired) electrons. The number of nitrogens with zero attached hydrogens (tertiary/aromatic N) is 7. The Balaban J connectivity index is 0.739. The van der Waals surface area contributed by atoms with Crippen LogP contribution in [0.15, 0.2) is 225 Å². The molecule has 5 aromatic heterocycles. The predicted octanol–water partition coefficient (Wildman–Crippen LogP) is 19.9. The van der Waals surface area contributed by atoms with Gasteiger partial charge in [0.05, 0.1) is 33.0 Å². The molecule has 7 nitrogen and oxygen atoms in total. The van der Waals surface area contributed by atoms with Crippen LogP contribution in [-0.2, 0) is 5.41 Å². The lowest BCUT2D eigenvalue weighted by Crippen LogP contribution is -2.19. The lowest BCUT2D eigenvalue weighted by atomic mass is 9.82. The topological polar surface area (TPSA) is 70.9 Å². The molecule has 0 fully saturated rings. The zero-order valence-electron chi connectivity index (χ0n) is 43.8. The van der Waals surface area contributed by atoms with Crippen molar-refractivity contribution in [2.75, 3.05) is 9.80 Å². The fourth-order valence-corrected chi connectivity index (χ4v) is 15.9. The van der Waals surface area contributed by atoms with Gasteiger partial charge in [0, 0.05) is 91.4 Å². The van der Waals surface area contributed by atoms with Crippen LogP contribution in [0.2, 0.25) is 0 Å². The fourth-order valence-electron chi connectivity index (χ4n) is 13.4. The predicted molar refractivity (Wildman–Crippen MR) is 337 cm³/mol. The van der Waals surface area contributed by atoms with Crippen molar-refractivity contribution in [2.24, 2.45) is 0 Å². The van der Waals surface area contributed by atoms with Gasteiger partial charge < -0.3 is 0 Å². The zero-order chi connectivity index (χ0) is 53.2. The van der Waals surface area contributed by atoms with Gasteiger partial charge in [-0.05, 0) is 93.5 Å². The molecule has 0 saturated carbocycles. The van der Waals surface area contributed by atoms with Crippen LogP contribution in [0.1, 0.15) is 25.0 Å². The van der Waals surface area contributed by atoms with Crippen LogP contribution in [0.25, 0.3) is 129 Å². The number of thiophene rings is 2. The van der Waals surface area contributed by atoms with E-state index in [1.54, 1.807) is 11.3 Å². The summed E-state index contributed by atoms with van der Waals surface area (Å²) in [6, 6.07) is 78.8. The van der Waals surface area contributed by atoms with Gasteiger partial charge in [-0.2, -0.15) is 9.97 Å². The summed E-state index contributed by atoms with van der Waals surface area (Å²) in [5, 5.41) is 8.35. The van der Waals surface area contributed by atoms with Gasteiger partial charge in [0.2, 0.25) is 5.95 Å². The second-order valence-corrected chi connectivity index (χ2v) is 24.0. The van der Waals surface area contributed by atoms with E-state index in [4.69, 9.17) is 24.9 Å². The zero-order valence-corrected chi connectivity index (χ0v) is 45.4. The number of hydrogen-bond donors (Lipinski definition) is 0. The minimum atomic E-state index is -0.122. The van der Waals surface area contributed by atoms with Crippen molar-refractivity contribution >= 4 is 119 Å². The normalized spacial score (nSPS) is 13.6. The standard InChI is InChI=1S/C72H43N7S2/c1-72(2)55-22-10-6-17-45(55)46-34-32-44(38-56(46)72)78-57-23-11-7-18-47(57)53-39-54-48-33-31-43(37-61(48)81-66(54)52-35-36-73-70(78)62(52)53)40-27-29-42(30-28-40)69-75-68(41-15-4-3-5-16-41)76-71(77-69)79-58-24-12-8-19-49(58)64-63-51(21-14-25-59(63)79)67-65(74-64)50-20-9-13-26-60(50)80-67/h3-39H,1-2H3. The Morgan fingerprint density at radius 2 is 1.04 bits per heavy atom. The summed E-state index contributed by atoms with van der Waals surface area (Å²) in [4.78, 5) is 31.1. The van der Waals surface area contributed by atoms with Gasteiger partial charge in [0.1, 0.15) is 5.82 Å². The second kappa shape index (κ2) is 16.6. The molecule has 1 aliphatic carbocycles. The van der Waals surface area contributed by atoms with Crippen molar-refractivity contribution in [2.45, 2.75) is 19.3 Å². The molecule has 0 spiro atoms. The number of aromatic nitrogens is 5. The molecular weight excluding hydrogens is 1030 g/mol. The van der Waals surface area contributed by atoms with Crippen LogP contribution < -0.4 is 9.80 Å². The first-order valence-electron chi connectivity index (χ1n) is 27.4. The highest BCUT2D eigenvalue weighted by Crippen LogP contribution is 2.57. The lowest BCUT2D eigenvalue weighted by molar-refractivity contribution is 0.660. The number of benzene rings is 10. The molecule has 0 saturated heterocycles. The third-order valence-electron chi connectivity index (χ3n) is 17.2. The third-order valence-corrected chi connectivity index (χ3v) is 19.6. The molecule has 2 aliphatic heterocycles. The van der Waals surface area contributed by atoms with E-state index < -0.39 is 0 Å². The minimum Gasteiger partial charge on any atom is -0.294 e. The highest BCUT2D eigenvalue weighted by Gasteiger charge is 2.37. The molecule has 9 heteroatoms. The SMILES string of the molecule is CC1(C)c2ccccc2-c2ccc(N3c4ccccc4-c4cc5c6ccc(-c7ccc(-c8nc(-c9ccccc9)nc(N9c%10ccccc%10-c%10nc%11c%12ccccc%12sc%11c%11cccc9c%10%11)n8)cc7)cc6sc5c5ccnc3c45)cc21. The summed E-state index contributed by atoms with van der Waals surface area (Å²) in [6.45, 7) is 4.70. The largest absolute Gasteiger partial charge is 0.294 e. The molecule has 10 aromatic carbocycles. The molecule has 18 rings (SSSR count). The number of para-hydroxylation sites is 2. The first-order valence-corrected chi connectivity index (χ1v) is 29.0. The first kappa shape index (κ1) is 45.0. The highest BCUT2D eigenvalue weighted by atomic mass is 32.1. The Labute approximate surface area is 473 Å². The van der Waals surface area contributed by atoms with E-state index >= 15 is 0 Å². The highest BCUT2D eigenvalue weighted by molar-refractivity contribution is 7.27. The van der Waals surface area contributed by atoms with Crippen molar-refractivity contribution in [1.29, 1.82) is 0 Å². The Bertz CT molecular complexity index is 5230.